The zero-order valence-electron chi connectivity index (χ0n) is 16.9. The topological polar surface area (TPSA) is 99.9 Å². The average molecular weight is 400 g/mol. The second-order valence-electron chi connectivity index (χ2n) is 8.02. The largest absolute Gasteiger partial charge is 0.383 e. The van der Waals surface area contributed by atoms with Crippen molar-refractivity contribution >= 4 is 33.4 Å². The minimum Gasteiger partial charge on any atom is -0.383 e. The SMILES string of the molecule is CN1CCC(NC(=O)c2n[nH]c3ccc(-c4ccc5ccnc(N)c5c4)cc23)CC1. The van der Waals surface area contributed by atoms with Crippen molar-refractivity contribution in [3.63, 3.8) is 0 Å². The molecule has 1 saturated heterocycles. The van der Waals surface area contributed by atoms with Crippen LogP contribution in [0.5, 0.6) is 0 Å². The fraction of sp³-hybridized carbons (Fsp3) is 0.261. The summed E-state index contributed by atoms with van der Waals surface area (Å²) < 4.78 is 0. The molecule has 0 aliphatic carbocycles. The van der Waals surface area contributed by atoms with E-state index in [0.29, 0.717) is 11.5 Å². The molecule has 2 aromatic carbocycles. The summed E-state index contributed by atoms with van der Waals surface area (Å²) in [6, 6.07) is 14.3. The smallest absolute Gasteiger partial charge is 0.272 e. The number of hydrogen-bond acceptors (Lipinski definition) is 5. The Hall–Kier alpha value is -3.45. The van der Waals surface area contributed by atoms with E-state index >= 15 is 0 Å². The lowest BCUT2D eigenvalue weighted by molar-refractivity contribution is 0.0913. The molecule has 5 rings (SSSR count). The van der Waals surface area contributed by atoms with Crippen LogP contribution in [0.2, 0.25) is 0 Å². The summed E-state index contributed by atoms with van der Waals surface area (Å²) in [5.41, 5.74) is 9.36. The molecular formula is C23H24N6O. The van der Waals surface area contributed by atoms with Gasteiger partial charge in [0.2, 0.25) is 0 Å². The van der Waals surface area contributed by atoms with Crippen LogP contribution in [-0.4, -0.2) is 52.2 Å². The molecule has 2 aromatic heterocycles. The Morgan fingerprint density at radius 1 is 1.10 bits per heavy atom. The van der Waals surface area contributed by atoms with E-state index in [1.54, 1.807) is 6.20 Å². The van der Waals surface area contributed by atoms with Crippen LogP contribution in [0.15, 0.2) is 48.7 Å². The minimum atomic E-state index is -0.125. The predicted octanol–water partition coefficient (Wildman–Crippen LogP) is 3.18. The lowest BCUT2D eigenvalue weighted by atomic mass is 10.00. The van der Waals surface area contributed by atoms with E-state index in [0.717, 1.165) is 58.7 Å². The number of piperidine rings is 1. The summed E-state index contributed by atoms with van der Waals surface area (Å²) in [7, 11) is 2.11. The van der Waals surface area contributed by atoms with Crippen molar-refractivity contribution in [3.8, 4) is 11.1 Å². The molecule has 7 heteroatoms. The van der Waals surface area contributed by atoms with Crippen molar-refractivity contribution in [1.82, 2.24) is 25.4 Å². The molecule has 0 unspecified atom stereocenters. The summed E-state index contributed by atoms with van der Waals surface area (Å²) in [5.74, 6) is 0.386. The van der Waals surface area contributed by atoms with E-state index < -0.39 is 0 Å². The maximum absolute atomic E-state index is 12.9. The zero-order valence-corrected chi connectivity index (χ0v) is 16.9. The number of amides is 1. The van der Waals surface area contributed by atoms with Crippen LogP contribution in [0.3, 0.4) is 0 Å². The molecule has 1 amide bonds. The molecule has 0 saturated carbocycles. The molecule has 1 aliphatic heterocycles. The molecule has 152 valence electrons. The van der Waals surface area contributed by atoms with Gasteiger partial charge < -0.3 is 16.0 Å². The first-order chi connectivity index (χ1) is 14.6. The summed E-state index contributed by atoms with van der Waals surface area (Å²) >= 11 is 0. The number of carbonyl (C=O) groups is 1. The van der Waals surface area contributed by atoms with Crippen molar-refractivity contribution < 1.29 is 4.79 Å². The number of hydrogen-bond donors (Lipinski definition) is 3. The molecule has 0 radical (unpaired) electrons. The summed E-state index contributed by atoms with van der Waals surface area (Å²) in [4.78, 5) is 19.4. The predicted molar refractivity (Wildman–Crippen MR) is 119 cm³/mol. The van der Waals surface area contributed by atoms with Crippen molar-refractivity contribution in [3.05, 3.63) is 54.4 Å². The number of H-pyrrole nitrogens is 1. The van der Waals surface area contributed by atoms with Crippen molar-refractivity contribution in [2.24, 2.45) is 0 Å². The quantitative estimate of drug-likeness (QED) is 0.490. The van der Waals surface area contributed by atoms with Crippen molar-refractivity contribution in [2.45, 2.75) is 18.9 Å². The number of nitrogen functional groups attached to an aromatic ring is 1. The Bertz CT molecular complexity index is 1240. The third-order valence-electron chi connectivity index (χ3n) is 5.96. The number of fused-ring (bicyclic) bond motifs is 2. The van der Waals surface area contributed by atoms with Gasteiger partial charge in [-0.1, -0.05) is 18.2 Å². The highest BCUT2D eigenvalue weighted by molar-refractivity contribution is 6.06. The van der Waals surface area contributed by atoms with Crippen LogP contribution in [0, 0.1) is 0 Å². The summed E-state index contributed by atoms with van der Waals surface area (Å²) in [6.07, 6.45) is 3.63. The maximum Gasteiger partial charge on any atom is 0.272 e. The lowest BCUT2D eigenvalue weighted by Gasteiger charge is -2.29. The molecule has 4 aromatic rings. The molecular weight excluding hydrogens is 376 g/mol. The van der Waals surface area contributed by atoms with Gasteiger partial charge in [-0.2, -0.15) is 5.10 Å². The van der Waals surface area contributed by atoms with E-state index in [2.05, 4.69) is 38.5 Å². The van der Waals surface area contributed by atoms with Gasteiger partial charge in [0.15, 0.2) is 5.69 Å². The van der Waals surface area contributed by atoms with E-state index in [4.69, 9.17) is 5.73 Å². The Morgan fingerprint density at radius 2 is 1.83 bits per heavy atom. The zero-order chi connectivity index (χ0) is 20.7. The van der Waals surface area contributed by atoms with Crippen LogP contribution in [0.1, 0.15) is 23.3 Å². The molecule has 1 fully saturated rings. The first-order valence-corrected chi connectivity index (χ1v) is 10.2. The molecule has 1 aliphatic rings. The van der Waals surface area contributed by atoms with E-state index in [-0.39, 0.29) is 11.9 Å². The highest BCUT2D eigenvalue weighted by atomic mass is 16.2. The van der Waals surface area contributed by atoms with Crippen LogP contribution in [0.25, 0.3) is 32.8 Å². The van der Waals surface area contributed by atoms with Gasteiger partial charge in [0.25, 0.3) is 5.91 Å². The Kier molecular flexibility index (Phi) is 4.59. The van der Waals surface area contributed by atoms with Gasteiger partial charge in [-0.3, -0.25) is 9.89 Å². The molecule has 30 heavy (non-hydrogen) atoms. The number of nitrogens with zero attached hydrogens (tertiary/aromatic N) is 3. The number of nitrogens with two attached hydrogens (primary N) is 1. The highest BCUT2D eigenvalue weighted by Crippen LogP contribution is 2.29. The Balaban J connectivity index is 1.47. The molecule has 3 heterocycles. The van der Waals surface area contributed by atoms with Gasteiger partial charge in [-0.25, -0.2) is 4.98 Å². The molecule has 0 atom stereocenters. The number of nitrogens with one attached hydrogen (secondary N) is 2. The van der Waals surface area contributed by atoms with Crippen molar-refractivity contribution in [1.29, 1.82) is 0 Å². The van der Waals surface area contributed by atoms with Gasteiger partial charge in [0.05, 0.1) is 5.52 Å². The number of rotatable bonds is 3. The summed E-state index contributed by atoms with van der Waals surface area (Å²) in [5, 5.41) is 13.2. The van der Waals surface area contributed by atoms with Gasteiger partial charge in [0.1, 0.15) is 5.82 Å². The number of likely N-dealkylation sites (tertiary alicyclic amines) is 1. The molecule has 7 nitrogen and oxygen atoms in total. The normalized spacial score (nSPS) is 15.6. The summed E-state index contributed by atoms with van der Waals surface area (Å²) in [6.45, 7) is 1.99. The standard InChI is InChI=1S/C23H24N6O/c1-29-10-7-17(8-11-29)26-23(30)21-19-13-16(4-5-20(19)27-28-21)15-3-2-14-6-9-25-22(24)18(14)12-15/h2-6,9,12-13,17H,7-8,10-11H2,1H3,(H2,24,25)(H,26,30)(H,27,28). The third-order valence-corrected chi connectivity index (χ3v) is 5.96. The lowest BCUT2D eigenvalue weighted by Crippen LogP contribution is -2.43. The number of aromatic amines is 1. The minimum absolute atomic E-state index is 0.125. The highest BCUT2D eigenvalue weighted by Gasteiger charge is 2.22. The number of aromatic nitrogens is 3. The fourth-order valence-corrected chi connectivity index (χ4v) is 4.14. The average Bonchev–Trinajstić information content (AvgIpc) is 3.19. The first-order valence-electron chi connectivity index (χ1n) is 10.2. The number of pyridine rings is 1. The third kappa shape index (κ3) is 3.37. The Morgan fingerprint density at radius 3 is 2.63 bits per heavy atom. The first kappa shape index (κ1) is 18.6. The maximum atomic E-state index is 12.9. The van der Waals surface area contributed by atoms with E-state index in [9.17, 15) is 4.79 Å². The Labute approximate surface area is 174 Å². The van der Waals surface area contributed by atoms with Crippen molar-refractivity contribution in [2.75, 3.05) is 25.9 Å². The van der Waals surface area contributed by atoms with Crippen LogP contribution in [0.4, 0.5) is 5.82 Å². The number of carbonyl (C=O) groups excluding carboxylic acids is 1. The van der Waals surface area contributed by atoms with Gasteiger partial charge >= 0.3 is 0 Å². The monoisotopic (exact) mass is 400 g/mol. The second-order valence-corrected chi connectivity index (χ2v) is 8.02. The van der Waals surface area contributed by atoms with E-state index in [1.165, 1.54) is 0 Å². The van der Waals surface area contributed by atoms with E-state index in [1.807, 2.05) is 36.4 Å². The number of anilines is 1. The van der Waals surface area contributed by atoms with Gasteiger partial charge in [-0.15, -0.1) is 0 Å². The molecule has 0 bridgehead atoms. The van der Waals surface area contributed by atoms with Gasteiger partial charge in [0, 0.05) is 23.0 Å². The van der Waals surface area contributed by atoms with Crippen LogP contribution >= 0.6 is 0 Å². The second kappa shape index (κ2) is 7.42. The van der Waals surface area contributed by atoms with Crippen LogP contribution in [-0.2, 0) is 0 Å². The van der Waals surface area contributed by atoms with Gasteiger partial charge in [-0.05, 0) is 73.8 Å². The van der Waals surface area contributed by atoms with Crippen LogP contribution < -0.4 is 11.1 Å². The molecule has 4 N–H and O–H groups in total. The fourth-order valence-electron chi connectivity index (χ4n) is 4.14. The number of benzene rings is 2. The molecule has 0 spiro atoms.